The highest BCUT2D eigenvalue weighted by Crippen LogP contribution is 2.18. The van der Waals surface area contributed by atoms with E-state index in [4.69, 9.17) is 4.74 Å². The van der Waals surface area contributed by atoms with Crippen LogP contribution in [0.4, 0.5) is 4.79 Å². The van der Waals surface area contributed by atoms with Crippen molar-refractivity contribution in [1.29, 1.82) is 0 Å². The normalized spacial score (nSPS) is 11.3. The van der Waals surface area contributed by atoms with Crippen LogP contribution < -0.4 is 5.32 Å². The van der Waals surface area contributed by atoms with Gasteiger partial charge in [0.05, 0.1) is 0 Å². The SMILES string of the molecule is CSSCCCCCCNC(=O)OC(C)(C)C. The zero-order valence-corrected chi connectivity index (χ0v) is 13.0. The predicted octanol–water partition coefficient (Wildman–Crippen LogP) is 4.08. The molecule has 0 fully saturated rings. The third-order valence-corrected chi connectivity index (χ3v) is 3.84. The van der Waals surface area contributed by atoms with E-state index in [1.165, 1.54) is 25.0 Å². The van der Waals surface area contributed by atoms with E-state index in [0.29, 0.717) is 6.54 Å². The Bertz CT molecular complexity index is 205. The molecule has 0 aliphatic carbocycles. The van der Waals surface area contributed by atoms with Crippen LogP contribution in [0.1, 0.15) is 46.5 Å². The molecule has 0 atom stereocenters. The zero-order valence-electron chi connectivity index (χ0n) is 11.4. The Morgan fingerprint density at radius 2 is 1.82 bits per heavy atom. The lowest BCUT2D eigenvalue weighted by Gasteiger charge is -2.19. The third kappa shape index (κ3) is 13.9. The van der Waals surface area contributed by atoms with Crippen molar-refractivity contribution in [3.05, 3.63) is 0 Å². The van der Waals surface area contributed by atoms with Gasteiger partial charge in [-0.05, 0) is 39.9 Å². The molecule has 0 saturated carbocycles. The molecule has 0 aromatic heterocycles. The number of hydrogen-bond acceptors (Lipinski definition) is 4. The number of rotatable bonds is 8. The van der Waals surface area contributed by atoms with Crippen molar-refractivity contribution in [3.63, 3.8) is 0 Å². The maximum absolute atomic E-state index is 11.3. The maximum Gasteiger partial charge on any atom is 0.407 e. The van der Waals surface area contributed by atoms with Crippen LogP contribution in [0, 0.1) is 0 Å². The number of amides is 1. The lowest BCUT2D eigenvalue weighted by molar-refractivity contribution is 0.0527. The van der Waals surface area contributed by atoms with Crippen LogP contribution in [0.3, 0.4) is 0 Å². The topological polar surface area (TPSA) is 38.3 Å². The van der Waals surface area contributed by atoms with Crippen LogP contribution in [0.5, 0.6) is 0 Å². The summed E-state index contributed by atoms with van der Waals surface area (Å²) >= 11 is 0. The molecule has 0 saturated heterocycles. The van der Waals surface area contributed by atoms with E-state index in [9.17, 15) is 4.79 Å². The van der Waals surface area contributed by atoms with E-state index < -0.39 is 5.60 Å². The molecule has 0 aromatic rings. The van der Waals surface area contributed by atoms with Crippen molar-refractivity contribution < 1.29 is 9.53 Å². The number of hydrogen-bond donors (Lipinski definition) is 1. The molecular formula is C12H25NO2S2. The highest BCUT2D eigenvalue weighted by Gasteiger charge is 2.15. The second-order valence-corrected chi connectivity index (χ2v) is 7.52. The molecule has 17 heavy (non-hydrogen) atoms. The number of carbonyl (C=O) groups excluding carboxylic acids is 1. The van der Waals surface area contributed by atoms with Crippen LogP contribution in [0.2, 0.25) is 0 Å². The van der Waals surface area contributed by atoms with Crippen molar-refractivity contribution in [2.45, 2.75) is 52.1 Å². The molecule has 1 N–H and O–H groups in total. The molecule has 5 heteroatoms. The molecule has 0 unspecified atom stereocenters. The van der Waals surface area contributed by atoms with Crippen molar-refractivity contribution >= 4 is 27.7 Å². The fraction of sp³-hybridized carbons (Fsp3) is 0.917. The highest BCUT2D eigenvalue weighted by atomic mass is 33.1. The van der Waals surface area contributed by atoms with Gasteiger partial charge in [-0.15, -0.1) is 0 Å². The van der Waals surface area contributed by atoms with Crippen LogP contribution in [-0.4, -0.2) is 30.2 Å². The Hall–Kier alpha value is -0.0300. The summed E-state index contributed by atoms with van der Waals surface area (Å²) in [5, 5.41) is 2.77. The van der Waals surface area contributed by atoms with Crippen molar-refractivity contribution in [3.8, 4) is 0 Å². The summed E-state index contributed by atoms with van der Waals surface area (Å²) in [7, 11) is 3.73. The fourth-order valence-electron chi connectivity index (χ4n) is 1.23. The van der Waals surface area contributed by atoms with Crippen molar-refractivity contribution in [2.75, 3.05) is 18.6 Å². The molecule has 0 spiro atoms. The lowest BCUT2D eigenvalue weighted by Crippen LogP contribution is -2.32. The third-order valence-electron chi connectivity index (χ3n) is 1.94. The first-order valence-electron chi connectivity index (χ1n) is 6.08. The minimum absolute atomic E-state index is 0.310. The Kier molecular flexibility index (Phi) is 9.93. The van der Waals surface area contributed by atoms with Gasteiger partial charge in [0, 0.05) is 12.3 Å². The largest absolute Gasteiger partial charge is 0.444 e. The summed E-state index contributed by atoms with van der Waals surface area (Å²) in [6.07, 6.45) is 6.50. The molecule has 0 radical (unpaired) electrons. The highest BCUT2D eigenvalue weighted by molar-refractivity contribution is 8.76. The van der Waals surface area contributed by atoms with Gasteiger partial charge in [-0.2, -0.15) is 0 Å². The second-order valence-electron chi connectivity index (χ2n) is 4.83. The van der Waals surface area contributed by atoms with E-state index in [1.54, 1.807) is 0 Å². The molecule has 0 bridgehead atoms. The van der Waals surface area contributed by atoms with Gasteiger partial charge in [0.15, 0.2) is 0 Å². The summed E-state index contributed by atoms with van der Waals surface area (Å²) in [6.45, 7) is 6.33. The van der Waals surface area contributed by atoms with E-state index in [-0.39, 0.29) is 6.09 Å². The lowest BCUT2D eigenvalue weighted by atomic mass is 10.2. The fourth-order valence-corrected chi connectivity index (χ4v) is 2.57. The molecule has 0 aliphatic rings. The minimum atomic E-state index is -0.404. The molecule has 102 valence electrons. The average Bonchev–Trinajstić information content (AvgIpc) is 2.19. The number of ether oxygens (including phenoxy) is 1. The number of unbranched alkanes of at least 4 members (excludes halogenated alkanes) is 3. The van der Waals surface area contributed by atoms with Gasteiger partial charge in [0.2, 0.25) is 0 Å². The summed E-state index contributed by atoms with van der Waals surface area (Å²) in [4.78, 5) is 11.3. The minimum Gasteiger partial charge on any atom is -0.444 e. The number of carbonyl (C=O) groups is 1. The van der Waals surface area contributed by atoms with Crippen LogP contribution in [-0.2, 0) is 4.74 Å². The maximum atomic E-state index is 11.3. The molecular weight excluding hydrogens is 254 g/mol. The van der Waals surface area contributed by atoms with Gasteiger partial charge in [0.25, 0.3) is 0 Å². The van der Waals surface area contributed by atoms with Crippen LogP contribution in [0.25, 0.3) is 0 Å². The summed E-state index contributed by atoms with van der Waals surface area (Å²) < 4.78 is 5.14. The van der Waals surface area contributed by atoms with Gasteiger partial charge in [0.1, 0.15) is 5.60 Å². The first-order valence-corrected chi connectivity index (χ1v) is 8.81. The van der Waals surface area contributed by atoms with Gasteiger partial charge in [-0.1, -0.05) is 34.4 Å². The van der Waals surface area contributed by atoms with E-state index >= 15 is 0 Å². The van der Waals surface area contributed by atoms with Crippen LogP contribution in [0.15, 0.2) is 0 Å². The van der Waals surface area contributed by atoms with Gasteiger partial charge >= 0.3 is 6.09 Å². The molecule has 0 aromatic carbocycles. The quantitative estimate of drug-likeness (QED) is 0.536. The Morgan fingerprint density at radius 1 is 1.18 bits per heavy atom. The molecule has 3 nitrogen and oxygen atoms in total. The van der Waals surface area contributed by atoms with E-state index in [1.807, 2.05) is 42.4 Å². The molecule has 0 rings (SSSR count). The Labute approximate surface area is 113 Å². The number of alkyl carbamates (subject to hydrolysis) is 1. The standard InChI is InChI=1S/C12H25NO2S2/c1-12(2,3)15-11(14)13-9-7-5-6-8-10-17-16-4/h5-10H2,1-4H3,(H,13,14). The monoisotopic (exact) mass is 279 g/mol. The second kappa shape index (κ2) is 9.95. The molecule has 1 amide bonds. The zero-order chi connectivity index (χ0) is 13.1. The predicted molar refractivity (Wildman–Crippen MR) is 78.7 cm³/mol. The first kappa shape index (κ1) is 17.0. The average molecular weight is 279 g/mol. The van der Waals surface area contributed by atoms with E-state index in [0.717, 1.165) is 6.42 Å². The van der Waals surface area contributed by atoms with Crippen molar-refractivity contribution in [2.24, 2.45) is 0 Å². The smallest absolute Gasteiger partial charge is 0.407 e. The Morgan fingerprint density at radius 3 is 2.41 bits per heavy atom. The summed E-state index contributed by atoms with van der Waals surface area (Å²) in [5.41, 5.74) is -0.404. The van der Waals surface area contributed by atoms with Crippen LogP contribution >= 0.6 is 21.6 Å². The summed E-state index contributed by atoms with van der Waals surface area (Å²) in [5.74, 6) is 1.22. The summed E-state index contributed by atoms with van der Waals surface area (Å²) in [6, 6.07) is 0. The Balaban J connectivity index is 3.25. The first-order chi connectivity index (χ1) is 7.95. The van der Waals surface area contributed by atoms with E-state index in [2.05, 4.69) is 11.6 Å². The van der Waals surface area contributed by atoms with Crippen molar-refractivity contribution in [1.82, 2.24) is 5.32 Å². The van der Waals surface area contributed by atoms with Gasteiger partial charge in [-0.3, -0.25) is 0 Å². The molecule has 0 heterocycles. The van der Waals surface area contributed by atoms with Gasteiger partial charge in [-0.25, -0.2) is 4.79 Å². The van der Waals surface area contributed by atoms with Gasteiger partial charge < -0.3 is 10.1 Å². The molecule has 0 aliphatic heterocycles. The number of nitrogens with one attached hydrogen (secondary N) is 1.